The summed E-state index contributed by atoms with van der Waals surface area (Å²) < 4.78 is 0. The molecule has 2 rings (SSSR count). The van der Waals surface area contributed by atoms with Gasteiger partial charge in [0.25, 0.3) is 0 Å². The first-order chi connectivity index (χ1) is 8.79. The molecule has 0 bridgehead atoms. The molecule has 2 aromatic rings. The minimum Gasteiger partial charge on any atom is -0.370 e. The Morgan fingerprint density at radius 2 is 2.39 bits per heavy atom. The fourth-order valence-corrected chi connectivity index (χ4v) is 2.16. The summed E-state index contributed by atoms with van der Waals surface area (Å²) >= 11 is 1.75. The van der Waals surface area contributed by atoms with Crippen LogP contribution >= 0.6 is 11.3 Å². The first-order valence-electron chi connectivity index (χ1n) is 5.51. The van der Waals surface area contributed by atoms with Crippen molar-refractivity contribution in [3.05, 3.63) is 34.8 Å². The number of nitriles is 1. The number of hydrogen-bond donors (Lipinski definition) is 1. The predicted molar refractivity (Wildman–Crippen MR) is 72.6 cm³/mol. The number of nitrogens with one attached hydrogen (secondary N) is 1. The fourth-order valence-electron chi connectivity index (χ4n) is 1.45. The first kappa shape index (κ1) is 12.3. The molecule has 0 aliphatic carbocycles. The molecule has 0 aliphatic heterocycles. The van der Waals surface area contributed by atoms with E-state index in [0.717, 1.165) is 18.8 Å². The van der Waals surface area contributed by atoms with Crippen molar-refractivity contribution < 1.29 is 0 Å². The average Bonchev–Trinajstić information content (AvgIpc) is 2.91. The predicted octanol–water partition coefficient (Wildman–Crippen LogP) is 2.11. The topological polar surface area (TPSA) is 64.8 Å². The SMILES string of the molecule is CN(C#N)c1cc(NCCc2cccs2)ncn1. The Bertz CT molecular complexity index is 532. The van der Waals surface area contributed by atoms with Crippen molar-refractivity contribution in [3.63, 3.8) is 0 Å². The van der Waals surface area contributed by atoms with Crippen LogP contribution in [0.4, 0.5) is 11.6 Å². The second-order valence-electron chi connectivity index (χ2n) is 3.68. The molecule has 6 heteroatoms. The van der Waals surface area contributed by atoms with Crippen molar-refractivity contribution in [2.45, 2.75) is 6.42 Å². The molecule has 2 heterocycles. The molecule has 0 spiro atoms. The molecular weight excluding hydrogens is 246 g/mol. The molecule has 1 N–H and O–H groups in total. The summed E-state index contributed by atoms with van der Waals surface area (Å²) in [6, 6.07) is 5.92. The van der Waals surface area contributed by atoms with Gasteiger partial charge in [0.15, 0.2) is 6.19 Å². The smallest absolute Gasteiger partial charge is 0.185 e. The van der Waals surface area contributed by atoms with Crippen LogP contribution in [0.5, 0.6) is 0 Å². The van der Waals surface area contributed by atoms with E-state index in [-0.39, 0.29) is 0 Å². The van der Waals surface area contributed by atoms with Crippen molar-refractivity contribution in [2.75, 3.05) is 23.8 Å². The van der Waals surface area contributed by atoms with Crippen LogP contribution in [0.15, 0.2) is 29.9 Å². The Labute approximate surface area is 110 Å². The van der Waals surface area contributed by atoms with Crippen LogP contribution in [0.2, 0.25) is 0 Å². The van der Waals surface area contributed by atoms with Gasteiger partial charge >= 0.3 is 0 Å². The summed E-state index contributed by atoms with van der Waals surface area (Å²) in [6.07, 6.45) is 4.42. The molecule has 92 valence electrons. The Kier molecular flexibility index (Phi) is 4.10. The van der Waals surface area contributed by atoms with Crippen LogP contribution < -0.4 is 10.2 Å². The average molecular weight is 259 g/mol. The molecule has 0 saturated heterocycles. The molecule has 5 nitrogen and oxygen atoms in total. The molecule has 0 unspecified atom stereocenters. The lowest BCUT2D eigenvalue weighted by Gasteiger charge is -2.09. The zero-order chi connectivity index (χ0) is 12.8. The highest BCUT2D eigenvalue weighted by molar-refractivity contribution is 7.09. The normalized spacial score (nSPS) is 9.78. The van der Waals surface area contributed by atoms with Gasteiger partial charge in [0.05, 0.1) is 0 Å². The highest BCUT2D eigenvalue weighted by Crippen LogP contribution is 2.13. The Hall–Kier alpha value is -2.13. The van der Waals surface area contributed by atoms with E-state index in [1.165, 1.54) is 16.1 Å². The van der Waals surface area contributed by atoms with E-state index in [2.05, 4.69) is 26.7 Å². The maximum absolute atomic E-state index is 8.78. The summed E-state index contributed by atoms with van der Waals surface area (Å²) in [6.45, 7) is 0.813. The summed E-state index contributed by atoms with van der Waals surface area (Å²) in [5, 5.41) is 14.1. The third kappa shape index (κ3) is 3.18. The van der Waals surface area contributed by atoms with E-state index in [1.807, 2.05) is 12.3 Å². The van der Waals surface area contributed by atoms with E-state index in [9.17, 15) is 0 Å². The summed E-state index contributed by atoms with van der Waals surface area (Å²) in [5.74, 6) is 1.32. The lowest BCUT2D eigenvalue weighted by Crippen LogP contribution is -2.12. The Morgan fingerprint density at radius 3 is 3.11 bits per heavy atom. The van der Waals surface area contributed by atoms with Gasteiger partial charge in [0.1, 0.15) is 18.0 Å². The van der Waals surface area contributed by atoms with Gasteiger partial charge in [-0.25, -0.2) is 9.97 Å². The van der Waals surface area contributed by atoms with Crippen LogP contribution in [-0.2, 0) is 6.42 Å². The minimum absolute atomic E-state index is 0.589. The van der Waals surface area contributed by atoms with Crippen LogP contribution in [0.1, 0.15) is 4.88 Å². The van der Waals surface area contributed by atoms with Crippen LogP contribution in [-0.4, -0.2) is 23.6 Å². The molecule has 0 fully saturated rings. The minimum atomic E-state index is 0.589. The van der Waals surface area contributed by atoms with Gasteiger partial charge in [-0.2, -0.15) is 5.26 Å². The second kappa shape index (κ2) is 5.98. The quantitative estimate of drug-likeness (QED) is 0.658. The number of aromatic nitrogens is 2. The van der Waals surface area contributed by atoms with Gasteiger partial charge in [-0.15, -0.1) is 11.3 Å². The van der Waals surface area contributed by atoms with Gasteiger partial charge < -0.3 is 5.32 Å². The van der Waals surface area contributed by atoms with E-state index >= 15 is 0 Å². The second-order valence-corrected chi connectivity index (χ2v) is 4.71. The number of thiophene rings is 1. The van der Waals surface area contributed by atoms with E-state index in [0.29, 0.717) is 5.82 Å². The van der Waals surface area contributed by atoms with E-state index in [4.69, 9.17) is 5.26 Å². The lowest BCUT2D eigenvalue weighted by atomic mass is 10.3. The van der Waals surface area contributed by atoms with Crippen molar-refractivity contribution in [2.24, 2.45) is 0 Å². The number of anilines is 2. The molecule has 0 aromatic carbocycles. The molecule has 2 aromatic heterocycles. The van der Waals surface area contributed by atoms with E-state index in [1.54, 1.807) is 24.5 Å². The third-order valence-electron chi connectivity index (χ3n) is 2.40. The molecule has 0 saturated carbocycles. The fraction of sp³-hybridized carbons (Fsp3) is 0.250. The Balaban J connectivity index is 1.91. The zero-order valence-electron chi connectivity index (χ0n) is 10.00. The van der Waals surface area contributed by atoms with Crippen LogP contribution in [0, 0.1) is 11.5 Å². The van der Waals surface area contributed by atoms with Crippen molar-refractivity contribution in [1.29, 1.82) is 5.26 Å². The molecule has 0 radical (unpaired) electrons. The van der Waals surface area contributed by atoms with Crippen molar-refractivity contribution >= 4 is 23.0 Å². The molecular formula is C12H13N5S. The maximum atomic E-state index is 8.78. The van der Waals surface area contributed by atoms with Crippen LogP contribution in [0.25, 0.3) is 0 Å². The third-order valence-corrected chi connectivity index (χ3v) is 3.34. The number of nitrogens with zero attached hydrogens (tertiary/aromatic N) is 4. The van der Waals surface area contributed by atoms with Gasteiger partial charge in [-0.05, 0) is 17.9 Å². The molecule has 0 amide bonds. The maximum Gasteiger partial charge on any atom is 0.185 e. The highest BCUT2D eigenvalue weighted by atomic mass is 32.1. The lowest BCUT2D eigenvalue weighted by molar-refractivity contribution is 1.01. The highest BCUT2D eigenvalue weighted by Gasteiger charge is 2.02. The van der Waals surface area contributed by atoms with Gasteiger partial charge in [0.2, 0.25) is 0 Å². The van der Waals surface area contributed by atoms with Crippen molar-refractivity contribution in [1.82, 2.24) is 9.97 Å². The van der Waals surface area contributed by atoms with Crippen molar-refractivity contribution in [3.8, 4) is 6.19 Å². The van der Waals surface area contributed by atoms with Gasteiger partial charge in [-0.1, -0.05) is 6.07 Å². The van der Waals surface area contributed by atoms with E-state index < -0.39 is 0 Å². The van der Waals surface area contributed by atoms with Gasteiger partial charge in [0, 0.05) is 24.5 Å². The number of rotatable bonds is 5. The number of hydrogen-bond acceptors (Lipinski definition) is 6. The standard InChI is InChI=1S/C12H13N5S/c1-17(8-13)12-7-11(15-9-16-12)14-5-4-10-3-2-6-18-10/h2-3,6-7,9H,4-5H2,1H3,(H,14,15,16). The summed E-state index contributed by atoms with van der Waals surface area (Å²) in [5.41, 5.74) is 0. The summed E-state index contributed by atoms with van der Waals surface area (Å²) in [4.78, 5) is 10.9. The molecule has 0 atom stereocenters. The van der Waals surface area contributed by atoms with Crippen LogP contribution in [0.3, 0.4) is 0 Å². The monoisotopic (exact) mass is 259 g/mol. The molecule has 0 aliphatic rings. The largest absolute Gasteiger partial charge is 0.370 e. The first-order valence-corrected chi connectivity index (χ1v) is 6.39. The molecule has 18 heavy (non-hydrogen) atoms. The van der Waals surface area contributed by atoms with Gasteiger partial charge in [-0.3, -0.25) is 4.90 Å². The zero-order valence-corrected chi connectivity index (χ0v) is 10.8. The summed E-state index contributed by atoms with van der Waals surface area (Å²) in [7, 11) is 1.66. The Morgan fingerprint density at radius 1 is 1.50 bits per heavy atom.